The molecule has 5 heteroatoms. The molecule has 1 aliphatic rings. The van der Waals surface area contributed by atoms with Crippen molar-refractivity contribution in [3.8, 4) is 0 Å². The third-order valence-corrected chi connectivity index (χ3v) is 2.60. The van der Waals surface area contributed by atoms with Gasteiger partial charge in [-0.3, -0.25) is 4.79 Å². The van der Waals surface area contributed by atoms with E-state index in [2.05, 4.69) is 10.1 Å². The summed E-state index contributed by atoms with van der Waals surface area (Å²) in [6.07, 6.45) is 2.15. The second-order valence-electron chi connectivity index (χ2n) is 3.63. The third-order valence-electron chi connectivity index (χ3n) is 2.60. The molecule has 0 aromatic carbocycles. The minimum Gasteiger partial charge on any atom is -0.453 e. The van der Waals surface area contributed by atoms with Crippen molar-refractivity contribution in [1.29, 1.82) is 0 Å². The van der Waals surface area contributed by atoms with Crippen molar-refractivity contribution in [2.24, 2.45) is 0 Å². The Morgan fingerprint density at radius 3 is 2.47 bits per heavy atom. The highest BCUT2D eigenvalue weighted by Crippen LogP contribution is 2.10. The number of rotatable bonds is 3. The first-order chi connectivity index (χ1) is 7.19. The van der Waals surface area contributed by atoms with Gasteiger partial charge in [-0.25, -0.2) is 4.79 Å². The Morgan fingerprint density at radius 2 is 2.00 bits per heavy atom. The van der Waals surface area contributed by atoms with Gasteiger partial charge < -0.3 is 15.0 Å². The van der Waals surface area contributed by atoms with Gasteiger partial charge in [0, 0.05) is 13.1 Å². The summed E-state index contributed by atoms with van der Waals surface area (Å²) in [5, 5.41) is 2.54. The molecule has 0 unspecified atom stereocenters. The van der Waals surface area contributed by atoms with Gasteiger partial charge in [0.25, 0.3) is 0 Å². The van der Waals surface area contributed by atoms with Crippen LogP contribution in [0.1, 0.15) is 26.2 Å². The number of nitrogens with one attached hydrogen (secondary N) is 1. The van der Waals surface area contributed by atoms with Crippen molar-refractivity contribution in [3.63, 3.8) is 0 Å². The van der Waals surface area contributed by atoms with Gasteiger partial charge >= 0.3 is 6.09 Å². The maximum absolute atomic E-state index is 11.9. The number of hydrogen-bond acceptors (Lipinski definition) is 3. The highest BCUT2D eigenvalue weighted by Gasteiger charge is 2.26. The molecule has 0 bridgehead atoms. The van der Waals surface area contributed by atoms with Gasteiger partial charge in [-0.05, 0) is 19.3 Å². The molecule has 15 heavy (non-hydrogen) atoms. The normalized spacial score (nSPS) is 17.3. The zero-order valence-electron chi connectivity index (χ0n) is 9.28. The molecule has 1 rings (SSSR count). The summed E-state index contributed by atoms with van der Waals surface area (Å²) >= 11 is 0. The molecule has 1 atom stereocenters. The van der Waals surface area contributed by atoms with Gasteiger partial charge in [0.05, 0.1) is 7.11 Å². The van der Waals surface area contributed by atoms with E-state index in [0.29, 0.717) is 6.42 Å². The highest BCUT2D eigenvalue weighted by atomic mass is 16.5. The van der Waals surface area contributed by atoms with Crippen LogP contribution in [0.25, 0.3) is 0 Å². The second kappa shape index (κ2) is 5.58. The van der Waals surface area contributed by atoms with Crippen LogP contribution in [0, 0.1) is 0 Å². The maximum atomic E-state index is 11.9. The number of ether oxygens (including phenoxy) is 1. The highest BCUT2D eigenvalue weighted by molar-refractivity contribution is 5.85. The lowest BCUT2D eigenvalue weighted by Crippen LogP contribution is -2.47. The van der Waals surface area contributed by atoms with Crippen LogP contribution in [-0.2, 0) is 9.53 Å². The van der Waals surface area contributed by atoms with Crippen LogP contribution < -0.4 is 5.32 Å². The predicted molar refractivity (Wildman–Crippen MR) is 55.4 cm³/mol. The van der Waals surface area contributed by atoms with Crippen LogP contribution in [0.5, 0.6) is 0 Å². The second-order valence-corrected chi connectivity index (χ2v) is 3.63. The number of carbonyl (C=O) groups excluding carboxylic acids is 2. The SMILES string of the molecule is CC[C@H](NC(=O)OC)C(=O)N1CCCC1. The number of alkyl carbamates (subject to hydrolysis) is 1. The van der Waals surface area contributed by atoms with E-state index in [1.54, 1.807) is 4.90 Å². The summed E-state index contributed by atoms with van der Waals surface area (Å²) in [6.45, 7) is 3.48. The van der Waals surface area contributed by atoms with Crippen molar-refractivity contribution >= 4 is 12.0 Å². The lowest BCUT2D eigenvalue weighted by atomic mass is 10.2. The maximum Gasteiger partial charge on any atom is 0.407 e. The fourth-order valence-corrected chi connectivity index (χ4v) is 1.70. The molecule has 1 saturated heterocycles. The monoisotopic (exact) mass is 214 g/mol. The lowest BCUT2D eigenvalue weighted by Gasteiger charge is -2.22. The molecule has 1 heterocycles. The zero-order chi connectivity index (χ0) is 11.3. The summed E-state index contributed by atoms with van der Waals surface area (Å²) in [4.78, 5) is 24.7. The van der Waals surface area contributed by atoms with Gasteiger partial charge in [-0.2, -0.15) is 0 Å². The summed E-state index contributed by atoms with van der Waals surface area (Å²) in [5.41, 5.74) is 0. The van der Waals surface area contributed by atoms with Crippen molar-refractivity contribution in [2.45, 2.75) is 32.2 Å². The Kier molecular flexibility index (Phi) is 4.39. The smallest absolute Gasteiger partial charge is 0.407 e. The molecule has 5 nitrogen and oxygen atoms in total. The van der Waals surface area contributed by atoms with Gasteiger partial charge in [-0.1, -0.05) is 6.92 Å². The number of hydrogen-bond donors (Lipinski definition) is 1. The van der Waals surface area contributed by atoms with Crippen molar-refractivity contribution in [1.82, 2.24) is 10.2 Å². The Bertz CT molecular complexity index is 237. The van der Waals surface area contributed by atoms with E-state index in [0.717, 1.165) is 25.9 Å². The Balaban J connectivity index is 2.49. The van der Waals surface area contributed by atoms with E-state index in [-0.39, 0.29) is 5.91 Å². The lowest BCUT2D eigenvalue weighted by molar-refractivity contribution is -0.132. The molecule has 0 spiro atoms. The van der Waals surface area contributed by atoms with Crippen molar-refractivity contribution in [3.05, 3.63) is 0 Å². The van der Waals surface area contributed by atoms with Gasteiger partial charge in [0.1, 0.15) is 6.04 Å². The van der Waals surface area contributed by atoms with E-state index < -0.39 is 12.1 Å². The fraction of sp³-hybridized carbons (Fsp3) is 0.800. The Hall–Kier alpha value is -1.26. The predicted octanol–water partition coefficient (Wildman–Crippen LogP) is 0.743. The fourth-order valence-electron chi connectivity index (χ4n) is 1.70. The summed E-state index contributed by atoms with van der Waals surface area (Å²) in [7, 11) is 1.29. The van der Waals surface area contributed by atoms with Crippen LogP contribution in [0.4, 0.5) is 4.79 Å². The zero-order valence-corrected chi connectivity index (χ0v) is 9.28. The van der Waals surface area contributed by atoms with Crippen molar-refractivity contribution < 1.29 is 14.3 Å². The number of amides is 2. The summed E-state index contributed by atoms with van der Waals surface area (Å²) < 4.78 is 4.47. The molecular formula is C10H18N2O3. The molecule has 1 fully saturated rings. The Morgan fingerprint density at radius 1 is 1.40 bits per heavy atom. The Labute approximate surface area is 89.8 Å². The quantitative estimate of drug-likeness (QED) is 0.754. The average Bonchev–Trinajstić information content (AvgIpc) is 2.77. The molecule has 0 radical (unpaired) electrons. The standard InChI is InChI=1S/C10H18N2O3/c1-3-8(11-10(14)15-2)9(13)12-6-4-5-7-12/h8H,3-7H2,1-2H3,(H,11,14)/t8-/m0/s1. The van der Waals surface area contributed by atoms with E-state index >= 15 is 0 Å². The average molecular weight is 214 g/mol. The topological polar surface area (TPSA) is 58.6 Å². The van der Waals surface area contributed by atoms with Crippen molar-refractivity contribution in [2.75, 3.05) is 20.2 Å². The first-order valence-corrected chi connectivity index (χ1v) is 5.32. The number of nitrogens with zero attached hydrogens (tertiary/aromatic N) is 1. The minimum atomic E-state index is -0.547. The van der Waals surface area contributed by atoms with Gasteiger partial charge in [0.15, 0.2) is 0 Å². The van der Waals surface area contributed by atoms with Crippen LogP contribution in [0.2, 0.25) is 0 Å². The molecular weight excluding hydrogens is 196 g/mol. The van der Waals surface area contributed by atoms with Gasteiger partial charge in [-0.15, -0.1) is 0 Å². The molecule has 2 amide bonds. The molecule has 0 aliphatic carbocycles. The first kappa shape index (κ1) is 11.8. The molecule has 1 N–H and O–H groups in total. The number of carbonyl (C=O) groups is 2. The van der Waals surface area contributed by atoms with Crippen LogP contribution in [-0.4, -0.2) is 43.1 Å². The largest absolute Gasteiger partial charge is 0.453 e. The summed E-state index contributed by atoms with van der Waals surface area (Å²) in [6, 6.07) is -0.449. The summed E-state index contributed by atoms with van der Waals surface area (Å²) in [5.74, 6) is 0.000370. The molecule has 0 aromatic heterocycles. The third kappa shape index (κ3) is 3.11. The van der Waals surface area contributed by atoms with E-state index in [9.17, 15) is 9.59 Å². The molecule has 0 aromatic rings. The molecule has 1 aliphatic heterocycles. The van der Waals surface area contributed by atoms with Crippen LogP contribution in [0.3, 0.4) is 0 Å². The minimum absolute atomic E-state index is 0.000370. The van der Waals surface area contributed by atoms with Crippen LogP contribution in [0.15, 0.2) is 0 Å². The van der Waals surface area contributed by atoms with E-state index in [1.165, 1.54) is 7.11 Å². The van der Waals surface area contributed by atoms with E-state index in [1.807, 2.05) is 6.92 Å². The first-order valence-electron chi connectivity index (χ1n) is 5.32. The number of methoxy groups -OCH3 is 1. The number of likely N-dealkylation sites (tertiary alicyclic amines) is 1. The van der Waals surface area contributed by atoms with Gasteiger partial charge in [0.2, 0.25) is 5.91 Å². The van der Waals surface area contributed by atoms with E-state index in [4.69, 9.17) is 0 Å². The molecule has 86 valence electrons. The molecule has 0 saturated carbocycles. The van der Waals surface area contributed by atoms with Crippen LogP contribution >= 0.6 is 0 Å².